The molecule has 0 spiro atoms. The fourth-order valence-electron chi connectivity index (χ4n) is 1.61. The first kappa shape index (κ1) is 14.7. The lowest BCUT2D eigenvalue weighted by Crippen LogP contribution is -2.38. The van der Waals surface area contributed by atoms with E-state index in [4.69, 9.17) is 22.4 Å². The van der Waals surface area contributed by atoms with E-state index >= 15 is 0 Å². The van der Waals surface area contributed by atoms with Crippen LogP contribution in [0.2, 0.25) is 5.02 Å². The Morgan fingerprint density at radius 3 is 2.83 bits per heavy atom. The topological polar surface area (TPSA) is 79.5 Å². The standard InChI is InChI=1S/C12H18ClN3O2/c1-8(2)16(4-3-5-17)12(18)9-6-11(14)15-7-10(9)13/h6-8,17H,3-5H2,1-2H3,(H2,14,15). The number of rotatable bonds is 5. The number of amides is 1. The molecule has 0 saturated heterocycles. The molecule has 1 rings (SSSR count). The van der Waals surface area contributed by atoms with Gasteiger partial charge >= 0.3 is 0 Å². The van der Waals surface area contributed by atoms with Crippen molar-refractivity contribution in [1.29, 1.82) is 0 Å². The van der Waals surface area contributed by atoms with Gasteiger partial charge in [0.15, 0.2) is 0 Å². The van der Waals surface area contributed by atoms with E-state index in [1.165, 1.54) is 12.3 Å². The van der Waals surface area contributed by atoms with Crippen molar-refractivity contribution < 1.29 is 9.90 Å². The van der Waals surface area contributed by atoms with Gasteiger partial charge in [0.1, 0.15) is 5.82 Å². The molecular weight excluding hydrogens is 254 g/mol. The Bertz CT molecular complexity index is 424. The minimum atomic E-state index is -0.197. The number of pyridine rings is 1. The van der Waals surface area contributed by atoms with Crippen molar-refractivity contribution in [1.82, 2.24) is 9.88 Å². The number of hydrogen-bond donors (Lipinski definition) is 2. The molecule has 18 heavy (non-hydrogen) atoms. The molecule has 0 aliphatic rings. The maximum absolute atomic E-state index is 12.3. The third kappa shape index (κ3) is 3.58. The summed E-state index contributed by atoms with van der Waals surface area (Å²) in [4.78, 5) is 17.8. The monoisotopic (exact) mass is 271 g/mol. The van der Waals surface area contributed by atoms with E-state index < -0.39 is 0 Å². The molecular formula is C12H18ClN3O2. The van der Waals surface area contributed by atoms with Gasteiger partial charge in [-0.05, 0) is 26.3 Å². The molecule has 1 heterocycles. The first-order chi connectivity index (χ1) is 8.47. The van der Waals surface area contributed by atoms with Crippen LogP contribution in [-0.2, 0) is 0 Å². The van der Waals surface area contributed by atoms with Gasteiger partial charge in [0, 0.05) is 25.4 Å². The van der Waals surface area contributed by atoms with E-state index in [1.807, 2.05) is 13.8 Å². The predicted molar refractivity (Wildman–Crippen MR) is 71.5 cm³/mol. The van der Waals surface area contributed by atoms with E-state index in [1.54, 1.807) is 4.90 Å². The molecule has 3 N–H and O–H groups in total. The highest BCUT2D eigenvalue weighted by Gasteiger charge is 2.21. The summed E-state index contributed by atoms with van der Waals surface area (Å²) in [6.07, 6.45) is 1.90. The highest BCUT2D eigenvalue weighted by molar-refractivity contribution is 6.33. The quantitative estimate of drug-likeness (QED) is 0.852. The Morgan fingerprint density at radius 1 is 1.61 bits per heavy atom. The van der Waals surface area contributed by atoms with Crippen molar-refractivity contribution in [3.63, 3.8) is 0 Å². The van der Waals surface area contributed by atoms with Gasteiger partial charge in [0.2, 0.25) is 0 Å². The number of halogens is 1. The number of nitrogens with zero attached hydrogens (tertiary/aromatic N) is 2. The van der Waals surface area contributed by atoms with Crippen molar-refractivity contribution in [2.45, 2.75) is 26.3 Å². The lowest BCUT2D eigenvalue weighted by molar-refractivity contribution is 0.0693. The van der Waals surface area contributed by atoms with Crippen molar-refractivity contribution in [2.75, 3.05) is 18.9 Å². The summed E-state index contributed by atoms with van der Waals surface area (Å²) >= 11 is 5.96. The van der Waals surface area contributed by atoms with Crippen LogP contribution in [0, 0.1) is 0 Å². The zero-order chi connectivity index (χ0) is 13.7. The highest BCUT2D eigenvalue weighted by Crippen LogP contribution is 2.19. The minimum Gasteiger partial charge on any atom is -0.396 e. The van der Waals surface area contributed by atoms with E-state index in [-0.39, 0.29) is 29.4 Å². The Morgan fingerprint density at radius 2 is 2.28 bits per heavy atom. The molecule has 6 heteroatoms. The molecule has 0 fully saturated rings. The molecule has 0 aliphatic heterocycles. The van der Waals surface area contributed by atoms with Crippen LogP contribution in [0.15, 0.2) is 12.3 Å². The van der Waals surface area contributed by atoms with Gasteiger partial charge < -0.3 is 15.7 Å². The molecule has 1 aromatic rings. The van der Waals surface area contributed by atoms with Crippen LogP contribution in [0.4, 0.5) is 5.82 Å². The molecule has 0 aliphatic carbocycles. The molecule has 0 radical (unpaired) electrons. The van der Waals surface area contributed by atoms with Crippen LogP contribution in [0.1, 0.15) is 30.6 Å². The Kier molecular flexibility index (Phi) is 5.37. The average molecular weight is 272 g/mol. The summed E-state index contributed by atoms with van der Waals surface area (Å²) in [5.41, 5.74) is 5.90. The third-order valence-corrected chi connectivity index (χ3v) is 2.85. The van der Waals surface area contributed by atoms with Crippen LogP contribution in [0.3, 0.4) is 0 Å². The van der Waals surface area contributed by atoms with Gasteiger partial charge in [-0.2, -0.15) is 0 Å². The van der Waals surface area contributed by atoms with Crippen molar-refractivity contribution in [3.8, 4) is 0 Å². The van der Waals surface area contributed by atoms with Gasteiger partial charge in [-0.25, -0.2) is 4.98 Å². The second-order valence-corrected chi connectivity index (χ2v) is 4.67. The Labute approximate surface area is 112 Å². The fraction of sp³-hybridized carbons (Fsp3) is 0.500. The second-order valence-electron chi connectivity index (χ2n) is 4.26. The largest absolute Gasteiger partial charge is 0.396 e. The van der Waals surface area contributed by atoms with Crippen LogP contribution < -0.4 is 5.73 Å². The van der Waals surface area contributed by atoms with Crippen molar-refractivity contribution in [3.05, 3.63) is 22.8 Å². The smallest absolute Gasteiger partial charge is 0.255 e. The molecule has 0 unspecified atom stereocenters. The number of aliphatic hydroxyl groups is 1. The molecule has 100 valence electrons. The zero-order valence-electron chi connectivity index (χ0n) is 10.6. The van der Waals surface area contributed by atoms with Gasteiger partial charge in [-0.1, -0.05) is 11.6 Å². The summed E-state index contributed by atoms with van der Waals surface area (Å²) in [7, 11) is 0. The fourth-order valence-corrected chi connectivity index (χ4v) is 1.79. The predicted octanol–water partition coefficient (Wildman–Crippen LogP) is 1.55. The molecule has 0 saturated carbocycles. The van der Waals surface area contributed by atoms with Crippen molar-refractivity contribution in [2.24, 2.45) is 0 Å². The molecule has 1 aromatic heterocycles. The molecule has 0 atom stereocenters. The van der Waals surface area contributed by atoms with Crippen molar-refractivity contribution >= 4 is 23.3 Å². The number of aliphatic hydroxyl groups excluding tert-OH is 1. The lowest BCUT2D eigenvalue weighted by Gasteiger charge is -2.27. The van der Waals surface area contributed by atoms with E-state index in [2.05, 4.69) is 4.98 Å². The first-order valence-electron chi connectivity index (χ1n) is 5.80. The number of carbonyl (C=O) groups excluding carboxylic acids is 1. The molecule has 5 nitrogen and oxygen atoms in total. The summed E-state index contributed by atoms with van der Waals surface area (Å²) in [6, 6.07) is 1.49. The maximum atomic E-state index is 12.3. The number of nitrogen functional groups attached to an aromatic ring is 1. The summed E-state index contributed by atoms with van der Waals surface area (Å²) in [5, 5.41) is 9.14. The minimum absolute atomic E-state index is 0.0227. The Balaban J connectivity index is 2.98. The Hall–Kier alpha value is -1.33. The SMILES string of the molecule is CC(C)N(CCCO)C(=O)c1cc(N)ncc1Cl. The van der Waals surface area contributed by atoms with Gasteiger partial charge in [-0.15, -0.1) is 0 Å². The van der Waals surface area contributed by atoms with Crippen LogP contribution in [0.5, 0.6) is 0 Å². The lowest BCUT2D eigenvalue weighted by atomic mass is 10.2. The number of hydrogen-bond acceptors (Lipinski definition) is 4. The van der Waals surface area contributed by atoms with Gasteiger partial charge in [0.05, 0.1) is 10.6 Å². The van der Waals surface area contributed by atoms with E-state index in [0.29, 0.717) is 18.5 Å². The van der Waals surface area contributed by atoms with E-state index in [0.717, 1.165) is 0 Å². The zero-order valence-corrected chi connectivity index (χ0v) is 11.3. The number of anilines is 1. The van der Waals surface area contributed by atoms with Gasteiger partial charge in [-0.3, -0.25) is 4.79 Å². The molecule has 1 amide bonds. The summed E-state index contributed by atoms with van der Waals surface area (Å²) < 4.78 is 0. The first-order valence-corrected chi connectivity index (χ1v) is 6.18. The summed E-state index contributed by atoms with van der Waals surface area (Å²) in [5.74, 6) is 0.0613. The highest BCUT2D eigenvalue weighted by atomic mass is 35.5. The normalized spacial score (nSPS) is 10.7. The number of carbonyl (C=O) groups is 1. The number of aromatic nitrogens is 1. The number of nitrogens with two attached hydrogens (primary N) is 1. The van der Waals surface area contributed by atoms with Crippen LogP contribution in [-0.4, -0.2) is 40.1 Å². The average Bonchev–Trinajstić information content (AvgIpc) is 2.32. The second kappa shape index (κ2) is 6.56. The van der Waals surface area contributed by atoms with Gasteiger partial charge in [0.25, 0.3) is 5.91 Å². The van der Waals surface area contributed by atoms with Crippen LogP contribution in [0.25, 0.3) is 0 Å². The van der Waals surface area contributed by atoms with Crippen LogP contribution >= 0.6 is 11.6 Å². The molecule has 0 bridgehead atoms. The third-order valence-electron chi connectivity index (χ3n) is 2.55. The molecule has 0 aromatic carbocycles. The summed E-state index contributed by atoms with van der Waals surface area (Å²) in [6.45, 7) is 4.34. The van der Waals surface area contributed by atoms with E-state index in [9.17, 15) is 4.79 Å². The maximum Gasteiger partial charge on any atom is 0.255 e.